The first-order valence-corrected chi connectivity index (χ1v) is 6.59. The van der Waals surface area contributed by atoms with E-state index in [9.17, 15) is 13.5 Å². The van der Waals surface area contributed by atoms with Gasteiger partial charge in [0.2, 0.25) is 10.0 Å². The molecule has 2 N–H and O–H groups in total. The molecule has 0 aliphatic heterocycles. The van der Waals surface area contributed by atoms with Crippen LogP contribution >= 0.6 is 0 Å². The van der Waals surface area contributed by atoms with Gasteiger partial charge in [-0.1, -0.05) is 6.92 Å². The van der Waals surface area contributed by atoms with Gasteiger partial charge in [-0.25, -0.2) is 13.1 Å². The number of nitrogens with one attached hydrogen (secondary N) is 1. The van der Waals surface area contributed by atoms with E-state index < -0.39 is 15.6 Å². The van der Waals surface area contributed by atoms with Crippen LogP contribution in [0.3, 0.4) is 0 Å². The largest absolute Gasteiger partial charge is 0.389 e. The second-order valence-electron chi connectivity index (χ2n) is 4.19. The van der Waals surface area contributed by atoms with Crippen LogP contribution in [0, 0.1) is 0 Å². The Morgan fingerprint density at radius 2 is 2.19 bits per heavy atom. The minimum Gasteiger partial charge on any atom is -0.389 e. The summed E-state index contributed by atoms with van der Waals surface area (Å²) in [7, 11) is -1.76. The van der Waals surface area contributed by atoms with Gasteiger partial charge in [-0.15, -0.1) is 0 Å². The van der Waals surface area contributed by atoms with E-state index in [1.165, 1.54) is 12.3 Å². The highest BCUT2D eigenvalue weighted by Crippen LogP contribution is 2.11. The first-order chi connectivity index (χ1) is 7.27. The van der Waals surface area contributed by atoms with E-state index in [2.05, 4.69) is 4.72 Å². The maximum absolute atomic E-state index is 11.8. The molecule has 0 saturated carbocycles. The van der Waals surface area contributed by atoms with E-state index in [-0.39, 0.29) is 11.4 Å². The van der Waals surface area contributed by atoms with Crippen molar-refractivity contribution >= 4 is 10.0 Å². The van der Waals surface area contributed by atoms with Gasteiger partial charge in [-0.05, 0) is 19.4 Å². The smallest absolute Gasteiger partial charge is 0.242 e. The predicted molar refractivity (Wildman–Crippen MR) is 61.5 cm³/mol. The Morgan fingerprint density at radius 1 is 1.56 bits per heavy atom. The number of rotatable bonds is 5. The first-order valence-electron chi connectivity index (χ1n) is 5.11. The second kappa shape index (κ2) is 4.57. The van der Waals surface area contributed by atoms with Gasteiger partial charge < -0.3 is 9.67 Å². The summed E-state index contributed by atoms with van der Waals surface area (Å²) in [6.45, 7) is 3.41. The minimum absolute atomic E-state index is 0.0146. The average molecular weight is 246 g/mol. The third-order valence-electron chi connectivity index (χ3n) is 2.52. The van der Waals surface area contributed by atoms with Crippen LogP contribution in [0.4, 0.5) is 0 Å². The van der Waals surface area contributed by atoms with Gasteiger partial charge in [0.25, 0.3) is 0 Å². The van der Waals surface area contributed by atoms with Gasteiger partial charge in [0, 0.05) is 26.0 Å². The number of nitrogens with zero attached hydrogens (tertiary/aromatic N) is 1. The molecule has 0 aliphatic rings. The molecule has 5 nitrogen and oxygen atoms in total. The summed E-state index contributed by atoms with van der Waals surface area (Å²) in [6.07, 6.45) is 3.67. The van der Waals surface area contributed by atoms with Crippen molar-refractivity contribution in [3.63, 3.8) is 0 Å². The SMILES string of the molecule is CCC(C)(O)CNS(=O)(=O)c1ccn(C)c1. The van der Waals surface area contributed by atoms with Crippen LogP contribution in [0.2, 0.25) is 0 Å². The summed E-state index contributed by atoms with van der Waals surface area (Å²) >= 11 is 0. The lowest BCUT2D eigenvalue weighted by Gasteiger charge is -2.21. The summed E-state index contributed by atoms with van der Waals surface area (Å²) < 4.78 is 27.6. The van der Waals surface area contributed by atoms with Crippen LogP contribution in [0.1, 0.15) is 20.3 Å². The molecule has 1 unspecified atom stereocenters. The van der Waals surface area contributed by atoms with Crippen molar-refractivity contribution in [3.8, 4) is 0 Å². The maximum Gasteiger partial charge on any atom is 0.242 e. The van der Waals surface area contributed by atoms with Crippen LogP contribution < -0.4 is 4.72 Å². The van der Waals surface area contributed by atoms with E-state index in [4.69, 9.17) is 0 Å². The number of aromatic nitrogens is 1. The molecule has 0 spiro atoms. The molecular formula is C10H18N2O3S. The summed E-state index contributed by atoms with van der Waals surface area (Å²) in [6, 6.07) is 1.52. The maximum atomic E-state index is 11.8. The lowest BCUT2D eigenvalue weighted by Crippen LogP contribution is -2.39. The fraction of sp³-hybridized carbons (Fsp3) is 0.600. The zero-order chi connectivity index (χ0) is 12.4. The number of hydrogen-bond acceptors (Lipinski definition) is 3. The molecule has 16 heavy (non-hydrogen) atoms. The molecule has 1 rings (SSSR count). The third-order valence-corrected chi connectivity index (χ3v) is 3.91. The molecule has 0 radical (unpaired) electrons. The Labute approximate surface area is 96.1 Å². The molecule has 1 atom stereocenters. The summed E-state index contributed by atoms with van der Waals surface area (Å²) in [5, 5.41) is 9.71. The second-order valence-corrected chi connectivity index (χ2v) is 5.95. The minimum atomic E-state index is -3.51. The lowest BCUT2D eigenvalue weighted by atomic mass is 10.1. The molecule has 0 bridgehead atoms. The Hall–Kier alpha value is -0.850. The van der Waals surface area contributed by atoms with Gasteiger partial charge in [-0.3, -0.25) is 0 Å². The zero-order valence-corrected chi connectivity index (χ0v) is 10.6. The zero-order valence-electron chi connectivity index (χ0n) is 9.77. The quantitative estimate of drug-likeness (QED) is 0.793. The molecule has 6 heteroatoms. The van der Waals surface area contributed by atoms with Crippen molar-refractivity contribution in [3.05, 3.63) is 18.5 Å². The van der Waals surface area contributed by atoms with Crippen molar-refractivity contribution in [2.75, 3.05) is 6.54 Å². The van der Waals surface area contributed by atoms with Crippen LogP contribution in [-0.4, -0.2) is 30.2 Å². The molecule has 0 aliphatic carbocycles. The van der Waals surface area contributed by atoms with Crippen molar-refractivity contribution in [2.45, 2.75) is 30.8 Å². The van der Waals surface area contributed by atoms with Crippen molar-refractivity contribution in [1.29, 1.82) is 0 Å². The summed E-state index contributed by atoms with van der Waals surface area (Å²) in [4.78, 5) is 0.210. The van der Waals surface area contributed by atoms with Gasteiger partial charge in [0.1, 0.15) is 0 Å². The first kappa shape index (κ1) is 13.2. The van der Waals surface area contributed by atoms with Crippen LogP contribution in [0.15, 0.2) is 23.4 Å². The van der Waals surface area contributed by atoms with E-state index in [1.807, 2.05) is 0 Å². The van der Waals surface area contributed by atoms with E-state index in [1.54, 1.807) is 31.7 Å². The van der Waals surface area contributed by atoms with Gasteiger partial charge in [-0.2, -0.15) is 0 Å². The molecule has 1 aromatic heterocycles. The molecule has 1 aromatic rings. The monoisotopic (exact) mass is 246 g/mol. The van der Waals surface area contributed by atoms with Gasteiger partial charge in [0.05, 0.1) is 10.5 Å². The number of aliphatic hydroxyl groups is 1. The highest BCUT2D eigenvalue weighted by atomic mass is 32.2. The Kier molecular flexibility index (Phi) is 3.77. The molecule has 92 valence electrons. The standard InChI is InChI=1S/C10H18N2O3S/c1-4-10(2,13)8-11-16(14,15)9-5-6-12(3)7-9/h5-7,11,13H,4,8H2,1-3H3. The molecule has 0 amide bonds. The van der Waals surface area contributed by atoms with Gasteiger partial charge in [0.15, 0.2) is 0 Å². The molecule has 0 fully saturated rings. The topological polar surface area (TPSA) is 71.3 Å². The highest BCUT2D eigenvalue weighted by molar-refractivity contribution is 7.89. The summed E-state index contributed by atoms with van der Waals surface area (Å²) in [5.74, 6) is 0. The van der Waals surface area contributed by atoms with Crippen molar-refractivity contribution in [2.24, 2.45) is 7.05 Å². The summed E-state index contributed by atoms with van der Waals surface area (Å²) in [5.41, 5.74) is -1.01. The normalized spacial score (nSPS) is 16.0. The fourth-order valence-electron chi connectivity index (χ4n) is 1.10. The third kappa shape index (κ3) is 3.33. The van der Waals surface area contributed by atoms with E-state index in [0.717, 1.165) is 0 Å². The highest BCUT2D eigenvalue weighted by Gasteiger charge is 2.22. The number of hydrogen-bond donors (Lipinski definition) is 2. The lowest BCUT2D eigenvalue weighted by molar-refractivity contribution is 0.0613. The predicted octanol–water partition coefficient (Wildman–Crippen LogP) is 0.464. The fourth-order valence-corrected chi connectivity index (χ4v) is 2.31. The Bertz CT molecular complexity index is 448. The van der Waals surface area contributed by atoms with Crippen molar-refractivity contribution in [1.82, 2.24) is 9.29 Å². The Balaban J connectivity index is 2.74. The average Bonchev–Trinajstić information content (AvgIpc) is 2.63. The van der Waals surface area contributed by atoms with Crippen LogP contribution in [0.5, 0.6) is 0 Å². The number of aryl methyl sites for hydroxylation is 1. The van der Waals surface area contributed by atoms with Crippen LogP contribution in [-0.2, 0) is 17.1 Å². The Morgan fingerprint density at radius 3 is 2.62 bits per heavy atom. The molecule has 0 saturated heterocycles. The molecule has 1 heterocycles. The van der Waals surface area contributed by atoms with E-state index >= 15 is 0 Å². The molecule has 0 aromatic carbocycles. The van der Waals surface area contributed by atoms with Gasteiger partial charge >= 0.3 is 0 Å². The molecular weight excluding hydrogens is 228 g/mol. The van der Waals surface area contributed by atoms with Crippen LogP contribution in [0.25, 0.3) is 0 Å². The van der Waals surface area contributed by atoms with E-state index in [0.29, 0.717) is 6.42 Å². The number of sulfonamides is 1. The van der Waals surface area contributed by atoms with Crippen molar-refractivity contribution < 1.29 is 13.5 Å².